The monoisotopic (exact) mass is 486 g/mol. The zero-order chi connectivity index (χ0) is 26.7. The summed E-state index contributed by atoms with van der Waals surface area (Å²) in [6, 6.07) is 0. The summed E-state index contributed by atoms with van der Waals surface area (Å²) in [6.45, 7) is 15.9. The Bertz CT molecular complexity index is 1030. The molecule has 0 aromatic rings. The van der Waals surface area contributed by atoms with Crippen molar-refractivity contribution in [1.29, 1.82) is 0 Å². The van der Waals surface area contributed by atoms with E-state index >= 15 is 0 Å². The average Bonchev–Trinajstić information content (AvgIpc) is 3.10. The summed E-state index contributed by atoms with van der Waals surface area (Å²) in [5, 5.41) is 11.1. The summed E-state index contributed by atoms with van der Waals surface area (Å²) in [5.41, 5.74) is 0.995. The maximum atomic E-state index is 13.4. The van der Waals surface area contributed by atoms with Crippen LogP contribution in [0.2, 0.25) is 0 Å². The molecular weight excluding hydrogens is 436 g/mol. The van der Waals surface area contributed by atoms with Crippen molar-refractivity contribution < 1.29 is 20.8 Å². The number of Topliss-reactive ketones (excluding diaryl/α,β-unsaturated/α-hetero) is 1. The second-order valence-electron chi connectivity index (χ2n) is 14.4. The zero-order valence-electron chi connectivity index (χ0n) is 24.3. The Hall–Kier alpha value is -1.16. The number of esters is 1. The quantitative estimate of drug-likeness (QED) is 0.453. The van der Waals surface area contributed by atoms with E-state index in [0.29, 0.717) is 24.7 Å². The van der Waals surface area contributed by atoms with Gasteiger partial charge in [0.25, 0.3) is 0 Å². The van der Waals surface area contributed by atoms with Gasteiger partial charge in [-0.15, -0.1) is 0 Å². The van der Waals surface area contributed by atoms with E-state index in [1.165, 1.54) is 7.11 Å². The van der Waals surface area contributed by atoms with Crippen molar-refractivity contribution in [2.75, 3.05) is 7.11 Å². The Balaban J connectivity index is 1.62. The second-order valence-corrected chi connectivity index (χ2v) is 14.4. The fraction of sp³-hybridized carbons (Fsp3) is 0.871. The fourth-order valence-corrected chi connectivity index (χ4v) is 10.9. The minimum Gasteiger partial charge on any atom is -0.468 e. The second kappa shape index (κ2) is 7.68. The van der Waals surface area contributed by atoms with Crippen LogP contribution in [0.3, 0.4) is 0 Å². The first kappa shape index (κ1) is 24.2. The topological polar surface area (TPSA) is 63.6 Å². The molecule has 0 aromatic carbocycles. The van der Waals surface area contributed by atoms with Gasteiger partial charge in [0.2, 0.25) is 0 Å². The Morgan fingerprint density at radius 1 is 0.971 bits per heavy atom. The van der Waals surface area contributed by atoms with Gasteiger partial charge in [0.1, 0.15) is 0 Å². The molecule has 0 aliphatic heterocycles. The van der Waals surface area contributed by atoms with Crippen molar-refractivity contribution in [3.8, 4) is 0 Å². The first-order valence-electron chi connectivity index (χ1n) is 14.6. The molecule has 0 saturated heterocycles. The van der Waals surface area contributed by atoms with Gasteiger partial charge in [0, 0.05) is 6.42 Å². The summed E-state index contributed by atoms with van der Waals surface area (Å²) >= 11 is 0. The van der Waals surface area contributed by atoms with E-state index in [2.05, 4.69) is 48.5 Å². The van der Waals surface area contributed by atoms with Crippen molar-refractivity contribution in [3.63, 3.8) is 0 Å². The predicted octanol–water partition coefficient (Wildman–Crippen LogP) is 6.50. The van der Waals surface area contributed by atoms with Crippen LogP contribution in [0.4, 0.5) is 0 Å². The number of fused-ring (bicyclic) bond motifs is 7. The van der Waals surface area contributed by atoms with E-state index < -0.39 is 16.9 Å². The van der Waals surface area contributed by atoms with Crippen molar-refractivity contribution in [3.05, 3.63) is 11.1 Å². The van der Waals surface area contributed by atoms with Crippen LogP contribution in [0.15, 0.2) is 11.1 Å². The lowest BCUT2D eigenvalue weighted by molar-refractivity contribution is -0.229. The molecule has 0 bridgehead atoms. The molecule has 0 radical (unpaired) electrons. The summed E-state index contributed by atoms with van der Waals surface area (Å²) in [5.74, 6) is 1.09. The molecule has 0 aromatic heterocycles. The Kier molecular flexibility index (Phi) is 5.31. The van der Waals surface area contributed by atoms with Gasteiger partial charge in [-0.2, -0.15) is 0 Å². The van der Waals surface area contributed by atoms with Gasteiger partial charge < -0.3 is 9.84 Å². The molecule has 5 aliphatic carbocycles. The number of methoxy groups -OCH3 is 1. The van der Waals surface area contributed by atoms with Gasteiger partial charge >= 0.3 is 5.97 Å². The van der Waals surface area contributed by atoms with Crippen LogP contribution in [0, 0.1) is 50.7 Å². The maximum Gasteiger partial charge on any atom is 0.316 e. The Labute approximate surface area is 214 Å². The number of ether oxygens (including phenoxy) is 1. The van der Waals surface area contributed by atoms with Crippen molar-refractivity contribution in [2.24, 2.45) is 50.7 Å². The molecule has 1 N–H and O–H groups in total. The molecule has 0 amide bonds. The molecule has 4 saturated carbocycles. The molecular formula is C31H48O4. The molecule has 0 heterocycles. The van der Waals surface area contributed by atoms with Gasteiger partial charge in [-0.05, 0) is 108 Å². The van der Waals surface area contributed by atoms with E-state index in [-0.39, 0.29) is 46.3 Å². The third kappa shape index (κ3) is 2.95. The number of carbonyl (C=O) groups is 2. The highest BCUT2D eigenvalue weighted by Crippen LogP contribution is 2.76. The van der Waals surface area contributed by atoms with Gasteiger partial charge in [-0.3, -0.25) is 9.59 Å². The van der Waals surface area contributed by atoms with Crippen molar-refractivity contribution >= 4 is 11.8 Å². The normalized spacial score (nSPS) is 51.2. The fourth-order valence-electron chi connectivity index (χ4n) is 10.9. The van der Waals surface area contributed by atoms with Gasteiger partial charge in [-0.25, -0.2) is 0 Å². The third-order valence-corrected chi connectivity index (χ3v) is 12.8. The molecule has 4 heteroatoms. The first-order chi connectivity index (χ1) is 16.5. The lowest BCUT2D eigenvalue weighted by Gasteiger charge is -2.72. The smallest absolute Gasteiger partial charge is 0.316 e. The van der Waals surface area contributed by atoms with Gasteiger partial charge in [0.05, 0.1) is 20.0 Å². The molecule has 5 rings (SSSR count). The van der Waals surface area contributed by atoms with E-state index in [1.54, 1.807) is 0 Å². The van der Waals surface area contributed by atoms with Crippen molar-refractivity contribution in [1.82, 2.24) is 0 Å². The molecule has 4 nitrogen and oxygen atoms in total. The van der Waals surface area contributed by atoms with Gasteiger partial charge in [-0.1, -0.05) is 48.5 Å². The van der Waals surface area contributed by atoms with E-state index in [0.717, 1.165) is 49.7 Å². The SMILES string of the molecule is [3H][C@]1(O)CC[C@]2(C)[C@H]3CC[C@@H]4C5=C(C(C)C)C(=O)C[C@]5(C(=O)OC)CC[C@@]4(C)[C@]3(C)CC[C@H]2C1(C)C. The minimum absolute atomic E-state index is 0.000366. The summed E-state index contributed by atoms with van der Waals surface area (Å²) in [6.07, 6.45) is 6.15. The molecule has 35 heavy (non-hydrogen) atoms. The van der Waals surface area contributed by atoms with E-state index in [4.69, 9.17) is 6.11 Å². The molecule has 0 spiro atoms. The van der Waals surface area contributed by atoms with Crippen LogP contribution in [0.25, 0.3) is 0 Å². The minimum atomic E-state index is -1.38. The van der Waals surface area contributed by atoms with Crippen LogP contribution in [-0.4, -0.2) is 30.0 Å². The molecule has 196 valence electrons. The highest BCUT2D eigenvalue weighted by atomic mass is 16.5. The predicted molar refractivity (Wildman–Crippen MR) is 137 cm³/mol. The van der Waals surface area contributed by atoms with Crippen LogP contribution in [0.5, 0.6) is 0 Å². The largest absolute Gasteiger partial charge is 0.468 e. The standard InChI is InChI=1S/C31H48O4/c1-18(2)24-20(32)17-31(26(34)35-8)16-15-29(6)19(25(24)31)9-10-22-28(5)13-12-23(33)27(3,4)21(28)11-14-30(22,29)7/h18-19,21-23,33H,9-17H2,1-8H3/t19-,21+,22-,23+,28+,29-,30-,31-/m1/s1/i23T. The Morgan fingerprint density at radius 3 is 2.29 bits per heavy atom. The number of carbonyl (C=O) groups excluding carboxylic acids is 2. The Morgan fingerprint density at radius 2 is 1.66 bits per heavy atom. The zero-order valence-corrected chi connectivity index (χ0v) is 23.3. The lowest BCUT2D eigenvalue weighted by atomic mass is 9.33. The van der Waals surface area contributed by atoms with Gasteiger partial charge in [0.15, 0.2) is 5.78 Å². The lowest BCUT2D eigenvalue weighted by Crippen LogP contribution is -2.65. The molecule has 5 aliphatic rings. The number of aliphatic hydroxyl groups is 1. The number of hydrogen-bond acceptors (Lipinski definition) is 4. The molecule has 8 atom stereocenters. The number of allylic oxidation sites excluding steroid dienone is 1. The van der Waals surface area contributed by atoms with Crippen LogP contribution in [-0.2, 0) is 14.3 Å². The highest BCUT2D eigenvalue weighted by molar-refractivity contribution is 6.05. The van der Waals surface area contributed by atoms with Crippen LogP contribution in [0.1, 0.15) is 108 Å². The van der Waals surface area contributed by atoms with Crippen LogP contribution >= 0.6 is 0 Å². The number of rotatable bonds is 2. The summed E-state index contributed by atoms with van der Waals surface area (Å²) in [4.78, 5) is 26.8. The van der Waals surface area contributed by atoms with E-state index in [1.807, 2.05) is 0 Å². The summed E-state index contributed by atoms with van der Waals surface area (Å²) in [7, 11) is 1.47. The highest BCUT2D eigenvalue weighted by Gasteiger charge is 2.71. The summed E-state index contributed by atoms with van der Waals surface area (Å²) < 4.78 is 14.1. The van der Waals surface area contributed by atoms with E-state index in [9.17, 15) is 14.7 Å². The average molecular weight is 487 g/mol. The number of hydrogen-bond donors (Lipinski definition) is 1. The number of ketones is 1. The van der Waals surface area contributed by atoms with Crippen molar-refractivity contribution in [2.45, 2.75) is 112 Å². The molecule has 0 unspecified atom stereocenters. The first-order valence-corrected chi connectivity index (χ1v) is 14.1. The molecule has 4 fully saturated rings. The maximum absolute atomic E-state index is 13.4. The third-order valence-electron chi connectivity index (χ3n) is 12.8. The van der Waals surface area contributed by atoms with Crippen LogP contribution < -0.4 is 0 Å².